The number of carbonyl (C=O) groups excluding carboxylic acids is 1. The number of esters is 1. The molecule has 0 amide bonds. The lowest BCUT2D eigenvalue weighted by Crippen LogP contribution is -2.58. The van der Waals surface area contributed by atoms with E-state index in [9.17, 15) is 18.0 Å². The van der Waals surface area contributed by atoms with Crippen molar-refractivity contribution in [2.24, 2.45) is 34.5 Å². The zero-order valence-corrected chi connectivity index (χ0v) is 15.9. The highest BCUT2D eigenvalue weighted by atomic mass is 19.4. The van der Waals surface area contributed by atoms with Crippen molar-refractivity contribution in [2.45, 2.75) is 90.3 Å². The summed E-state index contributed by atoms with van der Waals surface area (Å²) in [5.41, 5.74) is 0.142. The average Bonchev–Trinajstić information content (AvgIpc) is 2.96. The zero-order valence-electron chi connectivity index (χ0n) is 15.9. The van der Waals surface area contributed by atoms with Gasteiger partial charge in [-0.1, -0.05) is 20.3 Å². The predicted octanol–water partition coefficient (Wildman–Crippen LogP) is 5.89. The van der Waals surface area contributed by atoms with Gasteiger partial charge in [-0.25, -0.2) is 4.79 Å². The van der Waals surface area contributed by atoms with Gasteiger partial charge in [-0.15, -0.1) is 0 Å². The van der Waals surface area contributed by atoms with E-state index in [2.05, 4.69) is 13.8 Å². The van der Waals surface area contributed by atoms with Crippen LogP contribution in [0.3, 0.4) is 0 Å². The summed E-state index contributed by atoms with van der Waals surface area (Å²) >= 11 is 0. The van der Waals surface area contributed by atoms with Gasteiger partial charge in [0.2, 0.25) is 0 Å². The van der Waals surface area contributed by atoms with Gasteiger partial charge in [-0.2, -0.15) is 13.2 Å². The molecule has 26 heavy (non-hydrogen) atoms. The number of fused-ring (bicyclic) bond motifs is 5. The lowest BCUT2D eigenvalue weighted by Gasteiger charge is -2.61. The van der Waals surface area contributed by atoms with Crippen molar-refractivity contribution in [1.29, 1.82) is 0 Å². The highest BCUT2D eigenvalue weighted by Crippen LogP contribution is 2.66. The van der Waals surface area contributed by atoms with E-state index in [1.807, 2.05) is 0 Å². The molecule has 4 fully saturated rings. The number of ether oxygens (including phenoxy) is 1. The van der Waals surface area contributed by atoms with Gasteiger partial charge in [-0.05, 0) is 86.9 Å². The van der Waals surface area contributed by atoms with Crippen molar-refractivity contribution in [3.8, 4) is 0 Å². The van der Waals surface area contributed by atoms with Gasteiger partial charge in [0, 0.05) is 5.41 Å². The van der Waals surface area contributed by atoms with E-state index in [-0.39, 0.29) is 5.41 Å². The summed E-state index contributed by atoms with van der Waals surface area (Å²) in [6.07, 6.45) is 5.48. The van der Waals surface area contributed by atoms with Crippen LogP contribution in [0.1, 0.15) is 78.1 Å². The van der Waals surface area contributed by atoms with Crippen LogP contribution in [0.15, 0.2) is 0 Å². The van der Waals surface area contributed by atoms with Gasteiger partial charge in [0.1, 0.15) is 6.10 Å². The van der Waals surface area contributed by atoms with Crippen LogP contribution in [0.5, 0.6) is 0 Å². The third kappa shape index (κ3) is 2.71. The molecule has 0 N–H and O–H groups in total. The predicted molar refractivity (Wildman–Crippen MR) is 92.3 cm³/mol. The Balaban J connectivity index is 1.62. The van der Waals surface area contributed by atoms with Crippen molar-refractivity contribution in [1.82, 2.24) is 0 Å². The zero-order chi connectivity index (χ0) is 18.7. The third-order valence-electron chi connectivity index (χ3n) is 8.94. The molecule has 0 aromatic carbocycles. The Labute approximate surface area is 154 Å². The van der Waals surface area contributed by atoms with Crippen molar-refractivity contribution in [2.75, 3.05) is 0 Å². The second-order valence-electron chi connectivity index (χ2n) is 9.92. The molecule has 4 rings (SSSR count). The van der Waals surface area contributed by atoms with Crippen LogP contribution in [0.25, 0.3) is 0 Å². The molecule has 0 radical (unpaired) electrons. The monoisotopic (exact) mass is 372 g/mol. The lowest BCUT2D eigenvalue weighted by molar-refractivity contribution is -0.226. The summed E-state index contributed by atoms with van der Waals surface area (Å²) in [6.45, 7) is 4.58. The van der Waals surface area contributed by atoms with E-state index in [4.69, 9.17) is 4.74 Å². The fourth-order valence-electron chi connectivity index (χ4n) is 7.66. The van der Waals surface area contributed by atoms with Crippen LogP contribution in [0.2, 0.25) is 0 Å². The molecule has 2 nitrogen and oxygen atoms in total. The Hall–Kier alpha value is -0.740. The quantitative estimate of drug-likeness (QED) is 0.536. The Morgan fingerprint density at radius 2 is 1.69 bits per heavy atom. The molecule has 0 aliphatic heterocycles. The second kappa shape index (κ2) is 6.13. The molecule has 0 spiro atoms. The normalized spacial score (nSPS) is 48.3. The largest absolute Gasteiger partial charge is 0.490 e. The molecule has 4 aliphatic rings. The van der Waals surface area contributed by atoms with E-state index in [0.717, 1.165) is 25.7 Å². The van der Waals surface area contributed by atoms with Crippen molar-refractivity contribution in [3.63, 3.8) is 0 Å². The molecule has 7 atom stereocenters. The number of carbonyl (C=O) groups is 1. The van der Waals surface area contributed by atoms with Crippen LogP contribution >= 0.6 is 0 Å². The molecular formula is C21H31F3O2. The van der Waals surface area contributed by atoms with Gasteiger partial charge in [0.05, 0.1) is 0 Å². The van der Waals surface area contributed by atoms with Crippen LogP contribution in [-0.2, 0) is 9.53 Å². The van der Waals surface area contributed by atoms with E-state index in [0.29, 0.717) is 35.5 Å². The summed E-state index contributed by atoms with van der Waals surface area (Å²) in [6, 6.07) is 0. The first-order valence-electron chi connectivity index (χ1n) is 10.4. The summed E-state index contributed by atoms with van der Waals surface area (Å²) < 4.78 is 43.7. The van der Waals surface area contributed by atoms with E-state index in [1.165, 1.54) is 32.1 Å². The SMILES string of the molecule is C[C@@]12CCC[C@H]1[C@@H]1CC[C@H]3CCCC(OC(=O)C(F)(F)F)[C@]3(C)[C@H]1CC2. The maximum Gasteiger partial charge on any atom is 0.490 e. The number of rotatable bonds is 1. The standard InChI is InChI=1S/C21H31F3O2/c1-19-11-4-6-15(19)14-9-8-13-5-3-7-17(26-18(25)21(22,23)24)20(13,2)16(14)10-12-19/h13-17H,3-12H2,1-2H3/t13-,14+,15+,16+,17?,19+,20+/m1/s1. The summed E-state index contributed by atoms with van der Waals surface area (Å²) in [7, 11) is 0. The van der Waals surface area contributed by atoms with Gasteiger partial charge < -0.3 is 4.74 Å². The molecule has 148 valence electrons. The molecule has 0 bridgehead atoms. The summed E-state index contributed by atoms with van der Waals surface area (Å²) in [5, 5.41) is 0. The van der Waals surface area contributed by atoms with E-state index < -0.39 is 18.2 Å². The van der Waals surface area contributed by atoms with Crippen LogP contribution in [0.4, 0.5) is 13.2 Å². The Bertz CT molecular complexity index is 574. The minimum absolute atomic E-state index is 0.286. The molecule has 0 aromatic heterocycles. The Morgan fingerprint density at radius 1 is 0.923 bits per heavy atom. The number of hydrogen-bond acceptors (Lipinski definition) is 2. The number of alkyl halides is 3. The molecule has 4 saturated carbocycles. The Kier molecular flexibility index (Phi) is 4.39. The van der Waals surface area contributed by atoms with Crippen LogP contribution in [-0.4, -0.2) is 18.2 Å². The summed E-state index contributed by atoms with van der Waals surface area (Å²) in [4.78, 5) is 11.6. The molecule has 0 heterocycles. The number of halogens is 3. The highest BCUT2D eigenvalue weighted by molar-refractivity contribution is 5.75. The Morgan fingerprint density at radius 3 is 2.42 bits per heavy atom. The highest BCUT2D eigenvalue weighted by Gasteiger charge is 2.61. The lowest BCUT2D eigenvalue weighted by atomic mass is 9.44. The fourth-order valence-corrected chi connectivity index (χ4v) is 7.66. The van der Waals surface area contributed by atoms with Crippen molar-refractivity contribution < 1.29 is 22.7 Å². The van der Waals surface area contributed by atoms with Crippen LogP contribution < -0.4 is 0 Å². The van der Waals surface area contributed by atoms with Gasteiger partial charge in [0.25, 0.3) is 0 Å². The number of hydrogen-bond donors (Lipinski definition) is 0. The van der Waals surface area contributed by atoms with Crippen molar-refractivity contribution in [3.05, 3.63) is 0 Å². The van der Waals surface area contributed by atoms with Crippen LogP contribution in [0, 0.1) is 34.5 Å². The van der Waals surface area contributed by atoms with E-state index in [1.54, 1.807) is 0 Å². The maximum atomic E-state index is 12.8. The van der Waals surface area contributed by atoms with Gasteiger partial charge in [0.15, 0.2) is 0 Å². The topological polar surface area (TPSA) is 26.3 Å². The average molecular weight is 372 g/mol. The molecule has 1 unspecified atom stereocenters. The first-order chi connectivity index (χ1) is 12.2. The first kappa shape index (κ1) is 18.6. The minimum Gasteiger partial charge on any atom is -0.455 e. The van der Waals surface area contributed by atoms with E-state index >= 15 is 0 Å². The molecule has 5 heteroatoms. The second-order valence-corrected chi connectivity index (χ2v) is 9.92. The van der Waals surface area contributed by atoms with Gasteiger partial charge in [-0.3, -0.25) is 0 Å². The van der Waals surface area contributed by atoms with Crippen molar-refractivity contribution >= 4 is 5.97 Å². The molecule has 4 aliphatic carbocycles. The molecular weight excluding hydrogens is 341 g/mol. The smallest absolute Gasteiger partial charge is 0.455 e. The van der Waals surface area contributed by atoms with Gasteiger partial charge >= 0.3 is 12.1 Å². The maximum absolute atomic E-state index is 12.8. The third-order valence-corrected chi connectivity index (χ3v) is 8.94. The minimum atomic E-state index is -4.89. The first-order valence-corrected chi connectivity index (χ1v) is 10.4. The molecule has 0 saturated heterocycles. The fraction of sp³-hybridized carbons (Fsp3) is 0.952. The summed E-state index contributed by atoms with van der Waals surface area (Å²) in [5.74, 6) is 0.119. The molecule has 0 aromatic rings.